The van der Waals surface area contributed by atoms with Gasteiger partial charge in [0.15, 0.2) is 11.2 Å². The Morgan fingerprint density at radius 3 is 3.00 bits per heavy atom. The van der Waals surface area contributed by atoms with E-state index in [0.29, 0.717) is 16.7 Å². The number of benzene rings is 1. The van der Waals surface area contributed by atoms with E-state index in [1.54, 1.807) is 46.5 Å². The number of fused-ring (bicyclic) bond motifs is 1. The molecule has 7 nitrogen and oxygen atoms in total. The minimum atomic E-state index is -0.479. The largest absolute Gasteiger partial charge is 0.451 e. The maximum Gasteiger partial charge on any atom is 0.287 e. The molecule has 4 rings (SSSR count). The van der Waals surface area contributed by atoms with E-state index >= 15 is 0 Å². The lowest BCUT2D eigenvalue weighted by Gasteiger charge is -2.03. The molecule has 4 aromatic rings. The molecule has 0 radical (unpaired) electrons. The molecule has 0 bridgehead atoms. The highest BCUT2D eigenvalue weighted by molar-refractivity contribution is 7.08. The summed E-state index contributed by atoms with van der Waals surface area (Å²) in [4.78, 5) is 24.3. The summed E-state index contributed by atoms with van der Waals surface area (Å²) in [6.45, 7) is 0.180. The van der Waals surface area contributed by atoms with Gasteiger partial charge >= 0.3 is 0 Å². The van der Waals surface area contributed by atoms with E-state index < -0.39 is 5.91 Å². The summed E-state index contributed by atoms with van der Waals surface area (Å²) in [5.41, 5.74) is 1.64. The number of carbonyl (C=O) groups is 1. The predicted octanol–water partition coefficient (Wildman–Crippen LogP) is 2.37. The fourth-order valence-electron chi connectivity index (χ4n) is 2.37. The van der Waals surface area contributed by atoms with Crippen LogP contribution in [0.4, 0.5) is 0 Å². The van der Waals surface area contributed by atoms with Crippen molar-refractivity contribution in [2.24, 2.45) is 0 Å². The van der Waals surface area contributed by atoms with Gasteiger partial charge in [0, 0.05) is 11.4 Å². The molecule has 0 saturated carbocycles. The molecular formula is C17H12N4O3S. The van der Waals surface area contributed by atoms with Gasteiger partial charge in [0.25, 0.3) is 5.91 Å². The van der Waals surface area contributed by atoms with E-state index in [2.05, 4.69) is 15.6 Å². The Labute approximate surface area is 145 Å². The average molecular weight is 352 g/mol. The van der Waals surface area contributed by atoms with Gasteiger partial charge in [-0.2, -0.15) is 11.3 Å². The van der Waals surface area contributed by atoms with Gasteiger partial charge in [-0.05, 0) is 23.6 Å². The van der Waals surface area contributed by atoms with Gasteiger partial charge in [-0.3, -0.25) is 9.59 Å². The Morgan fingerprint density at radius 1 is 1.28 bits per heavy atom. The van der Waals surface area contributed by atoms with Crippen LogP contribution in [0.1, 0.15) is 16.2 Å². The normalized spacial score (nSPS) is 10.9. The number of para-hydroxylation sites is 1. The number of nitrogens with zero attached hydrogens (tertiary/aromatic N) is 3. The van der Waals surface area contributed by atoms with Crippen molar-refractivity contribution in [2.45, 2.75) is 6.54 Å². The van der Waals surface area contributed by atoms with Crippen molar-refractivity contribution >= 4 is 28.2 Å². The first-order chi connectivity index (χ1) is 12.2. The lowest BCUT2D eigenvalue weighted by molar-refractivity contribution is 0.0923. The van der Waals surface area contributed by atoms with Gasteiger partial charge in [-0.1, -0.05) is 17.3 Å². The smallest absolute Gasteiger partial charge is 0.287 e. The molecule has 0 fully saturated rings. The molecule has 1 amide bonds. The molecule has 1 aromatic carbocycles. The van der Waals surface area contributed by atoms with Gasteiger partial charge < -0.3 is 9.73 Å². The number of carbonyl (C=O) groups excluding carboxylic acids is 1. The lowest BCUT2D eigenvalue weighted by Crippen LogP contribution is -2.24. The molecule has 3 aromatic heterocycles. The second kappa shape index (κ2) is 6.33. The van der Waals surface area contributed by atoms with Crippen molar-refractivity contribution in [1.29, 1.82) is 0 Å². The van der Waals surface area contributed by atoms with E-state index in [0.717, 1.165) is 5.69 Å². The highest BCUT2D eigenvalue weighted by Crippen LogP contribution is 2.12. The fraction of sp³-hybridized carbons (Fsp3) is 0.0588. The van der Waals surface area contributed by atoms with Gasteiger partial charge in [0.2, 0.25) is 0 Å². The van der Waals surface area contributed by atoms with Crippen molar-refractivity contribution in [3.8, 4) is 5.69 Å². The van der Waals surface area contributed by atoms with E-state index in [1.807, 2.05) is 16.8 Å². The topological polar surface area (TPSA) is 90.0 Å². The molecule has 0 unspecified atom stereocenters. The molecule has 8 heteroatoms. The molecular weight excluding hydrogens is 340 g/mol. The Balaban J connectivity index is 1.50. The molecule has 0 aliphatic carbocycles. The van der Waals surface area contributed by atoms with Crippen LogP contribution in [0.25, 0.3) is 16.7 Å². The summed E-state index contributed by atoms with van der Waals surface area (Å²) in [5, 5.41) is 15.0. The van der Waals surface area contributed by atoms with Crippen molar-refractivity contribution < 1.29 is 9.21 Å². The van der Waals surface area contributed by atoms with Crippen LogP contribution in [0.2, 0.25) is 0 Å². The zero-order valence-electron chi connectivity index (χ0n) is 12.9. The van der Waals surface area contributed by atoms with E-state index in [9.17, 15) is 9.59 Å². The highest BCUT2D eigenvalue weighted by Gasteiger charge is 2.13. The molecule has 0 spiro atoms. The maximum absolute atomic E-state index is 12.3. The monoisotopic (exact) mass is 352 g/mol. The molecule has 0 saturated heterocycles. The maximum atomic E-state index is 12.3. The Morgan fingerprint density at radius 2 is 2.16 bits per heavy atom. The molecule has 3 heterocycles. The number of thiophene rings is 1. The number of nitrogens with one attached hydrogen (secondary N) is 1. The molecule has 0 aliphatic heterocycles. The molecule has 25 heavy (non-hydrogen) atoms. The van der Waals surface area contributed by atoms with Crippen molar-refractivity contribution in [3.05, 3.63) is 75.0 Å². The Hall–Kier alpha value is -3.26. The molecule has 0 aliphatic rings. The van der Waals surface area contributed by atoms with Crippen LogP contribution in [0.3, 0.4) is 0 Å². The lowest BCUT2D eigenvalue weighted by atomic mass is 10.2. The van der Waals surface area contributed by atoms with Crippen molar-refractivity contribution in [3.63, 3.8) is 0 Å². The molecule has 124 valence electrons. The standard InChI is InChI=1S/C17H12N4O3S/c22-14-7-16(24-15-4-2-1-3-13(14)15)17(23)18-8-11-9-21(20-19-11)12-5-6-25-10-12/h1-7,9-10H,8H2,(H,18,23). The van der Waals surface area contributed by atoms with Gasteiger partial charge in [0.1, 0.15) is 11.3 Å². The first-order valence-electron chi connectivity index (χ1n) is 7.45. The van der Waals surface area contributed by atoms with Gasteiger partial charge in [0.05, 0.1) is 23.8 Å². The second-order valence-corrected chi connectivity index (χ2v) is 6.07. The van der Waals surface area contributed by atoms with Crippen molar-refractivity contribution in [2.75, 3.05) is 0 Å². The van der Waals surface area contributed by atoms with Crippen LogP contribution in [0.15, 0.2) is 62.6 Å². The number of hydrogen-bond donors (Lipinski definition) is 1. The van der Waals surface area contributed by atoms with Crippen LogP contribution >= 0.6 is 11.3 Å². The third-order valence-electron chi connectivity index (χ3n) is 3.60. The number of hydrogen-bond acceptors (Lipinski definition) is 6. The van der Waals surface area contributed by atoms with E-state index in [4.69, 9.17) is 4.42 Å². The summed E-state index contributed by atoms with van der Waals surface area (Å²) >= 11 is 1.56. The summed E-state index contributed by atoms with van der Waals surface area (Å²) < 4.78 is 7.14. The quantitative estimate of drug-likeness (QED) is 0.609. The SMILES string of the molecule is O=C(NCc1cn(-c2ccsc2)nn1)c1cc(=O)c2ccccc2o1. The summed E-state index contributed by atoms with van der Waals surface area (Å²) in [6.07, 6.45) is 1.74. The van der Waals surface area contributed by atoms with Crippen LogP contribution in [-0.4, -0.2) is 20.9 Å². The van der Waals surface area contributed by atoms with Crippen molar-refractivity contribution in [1.82, 2.24) is 20.3 Å². The minimum absolute atomic E-state index is 0.0334. The zero-order valence-corrected chi connectivity index (χ0v) is 13.7. The average Bonchev–Trinajstić information content (AvgIpc) is 3.31. The highest BCUT2D eigenvalue weighted by atomic mass is 32.1. The van der Waals surface area contributed by atoms with Crippen LogP contribution in [0, 0.1) is 0 Å². The van der Waals surface area contributed by atoms with Gasteiger partial charge in [-0.15, -0.1) is 5.10 Å². The summed E-state index contributed by atoms with van der Waals surface area (Å²) in [5.74, 6) is -0.512. The van der Waals surface area contributed by atoms with E-state index in [-0.39, 0.29) is 17.7 Å². The van der Waals surface area contributed by atoms with Gasteiger partial charge in [-0.25, -0.2) is 4.68 Å². The minimum Gasteiger partial charge on any atom is -0.451 e. The number of amides is 1. The molecule has 0 atom stereocenters. The van der Waals surface area contributed by atoms with Crippen LogP contribution in [-0.2, 0) is 6.54 Å². The van der Waals surface area contributed by atoms with E-state index in [1.165, 1.54) is 6.07 Å². The second-order valence-electron chi connectivity index (χ2n) is 5.29. The van der Waals surface area contributed by atoms with Crippen LogP contribution < -0.4 is 10.7 Å². The third-order valence-corrected chi connectivity index (χ3v) is 4.27. The fourth-order valence-corrected chi connectivity index (χ4v) is 2.99. The van der Waals surface area contributed by atoms with Crippen LogP contribution in [0.5, 0.6) is 0 Å². The summed E-state index contributed by atoms with van der Waals surface area (Å²) in [6, 6.07) is 9.92. The summed E-state index contributed by atoms with van der Waals surface area (Å²) in [7, 11) is 0. The number of aromatic nitrogens is 3. The molecule has 1 N–H and O–H groups in total. The first kappa shape index (κ1) is 15.3. The Kier molecular flexibility index (Phi) is 3.87. The first-order valence-corrected chi connectivity index (χ1v) is 8.40. The third kappa shape index (κ3) is 3.07. The zero-order chi connectivity index (χ0) is 17.2. The Bertz CT molecular complexity index is 1100. The number of rotatable bonds is 4. The predicted molar refractivity (Wildman–Crippen MR) is 92.9 cm³/mol.